The first kappa shape index (κ1) is 13.0. The van der Waals surface area contributed by atoms with Crippen molar-refractivity contribution in [3.05, 3.63) is 34.6 Å². The van der Waals surface area contributed by atoms with Gasteiger partial charge in [-0.25, -0.2) is 13.2 Å². The van der Waals surface area contributed by atoms with Gasteiger partial charge >= 0.3 is 0 Å². The molecule has 96 valence electrons. The minimum absolute atomic E-state index is 0.0374. The zero-order valence-electron chi connectivity index (χ0n) is 9.67. The average Bonchev–Trinajstić information content (AvgIpc) is 2.84. The molecule has 0 saturated carbocycles. The molecule has 2 rings (SSSR count). The summed E-state index contributed by atoms with van der Waals surface area (Å²) >= 11 is 1.13. The zero-order chi connectivity index (χ0) is 13.3. The smallest absolute Gasteiger partial charge is 0.195 e. The van der Waals surface area contributed by atoms with Gasteiger partial charge in [-0.05, 0) is 26.1 Å². The molecule has 0 radical (unpaired) electrons. The zero-order valence-corrected chi connectivity index (χ0v) is 10.5. The molecule has 0 saturated heterocycles. The van der Waals surface area contributed by atoms with E-state index in [0.29, 0.717) is 5.01 Å². The van der Waals surface area contributed by atoms with Crippen LogP contribution >= 0.6 is 11.3 Å². The Morgan fingerprint density at radius 1 is 1.17 bits per heavy atom. The van der Waals surface area contributed by atoms with Crippen LogP contribution < -0.4 is 5.32 Å². The molecule has 1 N–H and O–H groups in total. The molecule has 0 amide bonds. The summed E-state index contributed by atoms with van der Waals surface area (Å²) in [5.74, 6) is -3.95. The average molecular weight is 273 g/mol. The highest BCUT2D eigenvalue weighted by atomic mass is 32.1. The third-order valence-corrected chi connectivity index (χ3v) is 3.65. The largest absolute Gasteiger partial charge is 0.311 e. The van der Waals surface area contributed by atoms with Crippen molar-refractivity contribution in [3.63, 3.8) is 0 Å². The van der Waals surface area contributed by atoms with Gasteiger partial charge in [-0.2, -0.15) is 0 Å². The summed E-state index contributed by atoms with van der Waals surface area (Å²) in [5.41, 5.74) is -0.0825. The van der Waals surface area contributed by atoms with E-state index in [2.05, 4.69) is 15.5 Å². The number of hydrogen-bond acceptors (Lipinski definition) is 4. The van der Waals surface area contributed by atoms with Crippen molar-refractivity contribution in [3.8, 4) is 10.6 Å². The van der Waals surface area contributed by atoms with Gasteiger partial charge in [-0.3, -0.25) is 0 Å². The molecule has 1 unspecified atom stereocenters. The summed E-state index contributed by atoms with van der Waals surface area (Å²) in [6, 6.07) is 1.99. The summed E-state index contributed by atoms with van der Waals surface area (Å²) in [6.45, 7) is 1.87. The van der Waals surface area contributed by atoms with E-state index in [1.165, 1.54) is 0 Å². The Bertz CT molecular complexity index is 571. The van der Waals surface area contributed by atoms with Gasteiger partial charge < -0.3 is 5.32 Å². The molecule has 1 heterocycles. The Morgan fingerprint density at radius 3 is 2.56 bits per heavy atom. The van der Waals surface area contributed by atoms with E-state index in [4.69, 9.17) is 0 Å². The Morgan fingerprint density at radius 2 is 1.89 bits per heavy atom. The van der Waals surface area contributed by atoms with Crippen molar-refractivity contribution < 1.29 is 13.2 Å². The molecule has 7 heteroatoms. The van der Waals surface area contributed by atoms with Gasteiger partial charge in [0.05, 0.1) is 11.6 Å². The second-order valence-corrected chi connectivity index (χ2v) is 4.69. The first-order chi connectivity index (χ1) is 8.54. The van der Waals surface area contributed by atoms with E-state index in [9.17, 15) is 13.2 Å². The summed E-state index contributed by atoms with van der Waals surface area (Å²) in [4.78, 5) is 0. The van der Waals surface area contributed by atoms with Crippen LogP contribution in [0.3, 0.4) is 0 Å². The second-order valence-electron chi connectivity index (χ2n) is 3.68. The van der Waals surface area contributed by atoms with E-state index in [0.717, 1.165) is 23.5 Å². The highest BCUT2D eigenvalue weighted by Gasteiger charge is 2.18. The van der Waals surface area contributed by atoms with E-state index >= 15 is 0 Å². The summed E-state index contributed by atoms with van der Waals surface area (Å²) in [5, 5.41) is 11.5. The molecule has 2 aromatic rings. The first-order valence-corrected chi connectivity index (χ1v) is 6.00. The van der Waals surface area contributed by atoms with Crippen molar-refractivity contribution >= 4 is 11.3 Å². The van der Waals surface area contributed by atoms with Crippen LogP contribution in [0.25, 0.3) is 10.6 Å². The molecule has 1 aromatic carbocycles. The van der Waals surface area contributed by atoms with Crippen molar-refractivity contribution in [1.82, 2.24) is 15.5 Å². The van der Waals surface area contributed by atoms with Crippen LogP contribution in [0.5, 0.6) is 0 Å². The predicted octanol–water partition coefficient (Wildman–Crippen LogP) is 2.90. The lowest BCUT2D eigenvalue weighted by Gasteiger charge is -2.03. The van der Waals surface area contributed by atoms with Gasteiger partial charge in [-0.1, -0.05) is 11.3 Å². The van der Waals surface area contributed by atoms with Crippen LogP contribution in [0.4, 0.5) is 13.2 Å². The van der Waals surface area contributed by atoms with Crippen molar-refractivity contribution in [2.45, 2.75) is 13.0 Å². The highest BCUT2D eigenvalue weighted by Crippen LogP contribution is 2.30. The quantitative estimate of drug-likeness (QED) is 0.874. The molecule has 18 heavy (non-hydrogen) atoms. The molecule has 3 nitrogen and oxygen atoms in total. The molecular weight excluding hydrogens is 263 g/mol. The lowest BCUT2D eigenvalue weighted by molar-refractivity contribution is 0.449. The van der Waals surface area contributed by atoms with Crippen molar-refractivity contribution in [2.24, 2.45) is 0 Å². The fraction of sp³-hybridized carbons (Fsp3) is 0.273. The van der Waals surface area contributed by atoms with Crippen molar-refractivity contribution in [2.75, 3.05) is 7.05 Å². The predicted molar refractivity (Wildman–Crippen MR) is 62.7 cm³/mol. The van der Waals surface area contributed by atoms with Gasteiger partial charge in [0.25, 0.3) is 0 Å². The lowest BCUT2D eigenvalue weighted by atomic mass is 10.2. The summed E-state index contributed by atoms with van der Waals surface area (Å²) in [7, 11) is 1.75. The number of aromatic nitrogens is 2. The number of benzene rings is 1. The molecule has 0 fully saturated rings. The summed E-state index contributed by atoms with van der Waals surface area (Å²) in [6.07, 6.45) is 0. The molecule has 0 aliphatic carbocycles. The number of nitrogens with zero attached hydrogens (tertiary/aromatic N) is 2. The van der Waals surface area contributed by atoms with Gasteiger partial charge in [0.1, 0.15) is 5.01 Å². The Balaban J connectivity index is 2.43. The van der Waals surface area contributed by atoms with Crippen molar-refractivity contribution in [1.29, 1.82) is 0 Å². The maximum absolute atomic E-state index is 13.5. The standard InChI is InChI=1S/C11H10F3N3S/c1-5(15-2)10-16-17-11(18-10)6-3-4-7(12)9(14)8(6)13/h3-5,15H,1-2H3. The van der Waals surface area contributed by atoms with Gasteiger partial charge in [0, 0.05) is 0 Å². The SMILES string of the molecule is CNC(C)c1nnc(-c2ccc(F)c(F)c2F)s1. The molecule has 0 spiro atoms. The van der Waals surface area contributed by atoms with E-state index in [1.807, 2.05) is 6.92 Å². The van der Waals surface area contributed by atoms with Crippen LogP contribution in [0.2, 0.25) is 0 Å². The first-order valence-electron chi connectivity index (χ1n) is 5.19. The minimum atomic E-state index is -1.49. The Labute approximate surface area is 106 Å². The fourth-order valence-electron chi connectivity index (χ4n) is 1.33. The Kier molecular flexibility index (Phi) is 3.63. The second kappa shape index (κ2) is 5.03. The minimum Gasteiger partial charge on any atom is -0.311 e. The normalized spacial score (nSPS) is 12.7. The molecule has 1 aromatic heterocycles. The number of halogens is 3. The molecule has 0 bridgehead atoms. The topological polar surface area (TPSA) is 37.8 Å². The summed E-state index contributed by atoms with van der Waals surface area (Å²) < 4.78 is 39.5. The van der Waals surface area contributed by atoms with Crippen LogP contribution in [0, 0.1) is 17.5 Å². The van der Waals surface area contributed by atoms with Crippen LogP contribution in [0.15, 0.2) is 12.1 Å². The van der Waals surface area contributed by atoms with Gasteiger partial charge in [0.2, 0.25) is 0 Å². The Hall–Kier alpha value is -1.47. The number of nitrogens with one attached hydrogen (secondary N) is 1. The van der Waals surface area contributed by atoms with E-state index in [-0.39, 0.29) is 16.6 Å². The maximum Gasteiger partial charge on any atom is 0.195 e. The monoisotopic (exact) mass is 273 g/mol. The lowest BCUT2D eigenvalue weighted by Crippen LogP contribution is -2.11. The van der Waals surface area contributed by atoms with Gasteiger partial charge in [-0.15, -0.1) is 10.2 Å². The van der Waals surface area contributed by atoms with Crippen LogP contribution in [-0.4, -0.2) is 17.2 Å². The van der Waals surface area contributed by atoms with Gasteiger partial charge in [0.15, 0.2) is 22.5 Å². The molecular formula is C11H10F3N3S. The number of rotatable bonds is 3. The molecule has 0 aliphatic rings. The van der Waals surface area contributed by atoms with E-state index in [1.54, 1.807) is 7.05 Å². The third-order valence-electron chi connectivity index (χ3n) is 2.51. The van der Waals surface area contributed by atoms with Crippen LogP contribution in [-0.2, 0) is 0 Å². The maximum atomic E-state index is 13.5. The third kappa shape index (κ3) is 2.23. The van der Waals surface area contributed by atoms with Crippen LogP contribution in [0.1, 0.15) is 18.0 Å². The number of hydrogen-bond donors (Lipinski definition) is 1. The highest BCUT2D eigenvalue weighted by molar-refractivity contribution is 7.14. The van der Waals surface area contributed by atoms with E-state index < -0.39 is 17.5 Å². The molecule has 0 aliphatic heterocycles. The fourth-order valence-corrected chi connectivity index (χ4v) is 2.26. The molecule has 1 atom stereocenters.